The molecule has 16 heavy (non-hydrogen) atoms. The van der Waals surface area contributed by atoms with Gasteiger partial charge in [0.2, 0.25) is 0 Å². The minimum Gasteiger partial charge on any atom is -0.327 e. The third-order valence-electron chi connectivity index (χ3n) is 2.48. The van der Waals surface area contributed by atoms with E-state index in [4.69, 9.17) is 17.3 Å². The molecule has 2 atom stereocenters. The van der Waals surface area contributed by atoms with Crippen molar-refractivity contribution in [3.63, 3.8) is 0 Å². The third-order valence-corrected chi connectivity index (χ3v) is 4.37. The summed E-state index contributed by atoms with van der Waals surface area (Å²) in [6.45, 7) is 3.83. The van der Waals surface area contributed by atoms with E-state index in [0.717, 1.165) is 17.8 Å². The van der Waals surface area contributed by atoms with Gasteiger partial charge in [0.15, 0.2) is 0 Å². The van der Waals surface area contributed by atoms with Gasteiger partial charge in [-0.2, -0.15) is 5.10 Å². The Labute approximate surface area is 104 Å². The Hall–Kier alpha value is -0.390. The highest BCUT2D eigenvalue weighted by Crippen LogP contribution is 2.20. The van der Waals surface area contributed by atoms with Crippen molar-refractivity contribution < 1.29 is 4.21 Å². The number of aryl methyl sites for hydroxylation is 2. The first kappa shape index (κ1) is 13.7. The van der Waals surface area contributed by atoms with E-state index in [2.05, 4.69) is 5.10 Å². The van der Waals surface area contributed by atoms with E-state index in [9.17, 15) is 4.21 Å². The second-order valence-corrected chi connectivity index (χ2v) is 5.77. The van der Waals surface area contributed by atoms with Gasteiger partial charge in [-0.15, -0.1) is 0 Å². The van der Waals surface area contributed by atoms with E-state index in [1.807, 2.05) is 20.9 Å². The Kier molecular flexibility index (Phi) is 4.95. The zero-order valence-corrected chi connectivity index (χ0v) is 11.4. The zero-order valence-electron chi connectivity index (χ0n) is 9.86. The topological polar surface area (TPSA) is 60.9 Å². The summed E-state index contributed by atoms with van der Waals surface area (Å²) in [6.07, 6.45) is 0.837. The molecular weight excluding hydrogens is 246 g/mol. The number of hydrogen-bond acceptors (Lipinski definition) is 3. The molecule has 0 spiro atoms. The summed E-state index contributed by atoms with van der Waals surface area (Å²) < 4.78 is 13.5. The first-order valence-corrected chi connectivity index (χ1v) is 7.10. The number of nitrogens with two attached hydrogens (primary N) is 1. The summed E-state index contributed by atoms with van der Waals surface area (Å²) in [6, 6.07) is -0.00562. The van der Waals surface area contributed by atoms with E-state index in [0.29, 0.717) is 16.5 Å². The van der Waals surface area contributed by atoms with Gasteiger partial charge in [0.1, 0.15) is 0 Å². The Morgan fingerprint density at radius 1 is 1.62 bits per heavy atom. The van der Waals surface area contributed by atoms with Gasteiger partial charge >= 0.3 is 0 Å². The predicted molar refractivity (Wildman–Crippen MR) is 67.9 cm³/mol. The van der Waals surface area contributed by atoms with Crippen LogP contribution < -0.4 is 5.73 Å². The molecule has 0 fully saturated rings. The lowest BCUT2D eigenvalue weighted by molar-refractivity contribution is 0.658. The van der Waals surface area contributed by atoms with Gasteiger partial charge in [0, 0.05) is 29.6 Å². The van der Waals surface area contributed by atoms with Gasteiger partial charge in [0.25, 0.3) is 0 Å². The average Bonchev–Trinajstić information content (AvgIpc) is 2.45. The van der Waals surface area contributed by atoms with Crippen molar-refractivity contribution in [2.45, 2.75) is 32.1 Å². The molecule has 0 saturated heterocycles. The largest absolute Gasteiger partial charge is 0.327 e. The normalized spacial score (nSPS) is 15.1. The number of aromatic nitrogens is 2. The van der Waals surface area contributed by atoms with E-state index in [1.54, 1.807) is 4.68 Å². The van der Waals surface area contributed by atoms with Gasteiger partial charge in [-0.05, 0) is 13.3 Å². The van der Waals surface area contributed by atoms with E-state index >= 15 is 0 Å². The monoisotopic (exact) mass is 263 g/mol. The van der Waals surface area contributed by atoms with Crippen LogP contribution in [0.3, 0.4) is 0 Å². The second-order valence-electron chi connectivity index (χ2n) is 3.89. The molecule has 0 aliphatic rings. The van der Waals surface area contributed by atoms with Crippen LogP contribution in [0.15, 0.2) is 0 Å². The van der Waals surface area contributed by atoms with Crippen molar-refractivity contribution in [2.24, 2.45) is 12.8 Å². The zero-order chi connectivity index (χ0) is 12.3. The summed E-state index contributed by atoms with van der Waals surface area (Å²) in [5.74, 6) is 0.931. The van der Waals surface area contributed by atoms with Gasteiger partial charge in [0.05, 0.1) is 22.2 Å². The highest BCUT2D eigenvalue weighted by molar-refractivity contribution is 7.84. The number of nitrogens with zero attached hydrogens (tertiary/aromatic N) is 2. The van der Waals surface area contributed by atoms with Crippen LogP contribution >= 0.6 is 11.6 Å². The van der Waals surface area contributed by atoms with Crippen LogP contribution in [0, 0.1) is 6.92 Å². The predicted octanol–water partition coefficient (Wildman–Crippen LogP) is 1.37. The maximum atomic E-state index is 11.8. The standard InChI is InChI=1S/C10H18ClN3OS/c1-4-8(12)5-16(15)6-9-10(11)7(2)13-14(9)3/h8H,4-6,12H2,1-3H3. The van der Waals surface area contributed by atoms with E-state index < -0.39 is 10.8 Å². The summed E-state index contributed by atoms with van der Waals surface area (Å²) in [7, 11) is 0.832. The maximum absolute atomic E-state index is 11.8. The molecule has 1 rings (SSSR count). The van der Waals surface area contributed by atoms with E-state index in [1.165, 1.54) is 0 Å². The molecule has 0 radical (unpaired) electrons. The minimum atomic E-state index is -0.978. The molecule has 92 valence electrons. The minimum absolute atomic E-state index is 0.00562. The van der Waals surface area contributed by atoms with Crippen molar-refractivity contribution in [3.8, 4) is 0 Å². The summed E-state index contributed by atoms with van der Waals surface area (Å²) in [5.41, 5.74) is 7.35. The molecule has 0 aliphatic carbocycles. The van der Waals surface area contributed by atoms with Gasteiger partial charge < -0.3 is 5.73 Å². The summed E-state index contributed by atoms with van der Waals surface area (Å²) in [5, 5.41) is 4.79. The second kappa shape index (κ2) is 5.80. The molecule has 0 aliphatic heterocycles. The quantitative estimate of drug-likeness (QED) is 0.873. The molecule has 2 N–H and O–H groups in total. The van der Waals surface area contributed by atoms with Crippen LogP contribution in [0.1, 0.15) is 24.7 Å². The molecule has 0 saturated carbocycles. The lowest BCUT2D eigenvalue weighted by atomic mass is 10.3. The molecular formula is C10H18ClN3OS. The van der Waals surface area contributed by atoms with Gasteiger partial charge in [-0.25, -0.2) is 0 Å². The SMILES string of the molecule is CCC(N)CS(=O)Cc1c(Cl)c(C)nn1C. The van der Waals surface area contributed by atoms with Crippen LogP contribution in [0.5, 0.6) is 0 Å². The van der Waals surface area contributed by atoms with Crippen LogP contribution in [0.4, 0.5) is 0 Å². The fourth-order valence-corrected chi connectivity index (χ4v) is 3.18. The molecule has 2 unspecified atom stereocenters. The number of rotatable bonds is 5. The van der Waals surface area contributed by atoms with Gasteiger partial charge in [-0.3, -0.25) is 8.89 Å². The Morgan fingerprint density at radius 2 is 2.25 bits per heavy atom. The summed E-state index contributed by atoms with van der Waals surface area (Å²) in [4.78, 5) is 0. The van der Waals surface area contributed by atoms with Gasteiger partial charge in [-0.1, -0.05) is 18.5 Å². The highest BCUT2D eigenvalue weighted by Gasteiger charge is 2.15. The Balaban J connectivity index is 2.70. The van der Waals surface area contributed by atoms with Crippen molar-refractivity contribution in [1.82, 2.24) is 9.78 Å². The molecule has 4 nitrogen and oxygen atoms in total. The fraction of sp³-hybridized carbons (Fsp3) is 0.700. The molecule has 1 heterocycles. The van der Waals surface area contributed by atoms with Crippen molar-refractivity contribution in [3.05, 3.63) is 16.4 Å². The molecule has 1 aromatic rings. The van der Waals surface area contributed by atoms with Crippen LogP contribution in [0.2, 0.25) is 5.02 Å². The lowest BCUT2D eigenvalue weighted by Gasteiger charge is -2.08. The first-order chi connectivity index (χ1) is 7.45. The number of halogens is 1. The number of hydrogen-bond donors (Lipinski definition) is 1. The molecule has 6 heteroatoms. The molecule has 0 aromatic carbocycles. The van der Waals surface area contributed by atoms with Crippen molar-refractivity contribution >= 4 is 22.4 Å². The Bertz CT molecular complexity index is 392. The summed E-state index contributed by atoms with van der Waals surface area (Å²) >= 11 is 6.08. The Morgan fingerprint density at radius 3 is 2.69 bits per heavy atom. The van der Waals surface area contributed by atoms with Crippen molar-refractivity contribution in [2.75, 3.05) is 5.75 Å². The molecule has 0 bridgehead atoms. The lowest BCUT2D eigenvalue weighted by Crippen LogP contribution is -2.26. The van der Waals surface area contributed by atoms with Crippen molar-refractivity contribution in [1.29, 1.82) is 0 Å². The fourth-order valence-electron chi connectivity index (χ4n) is 1.40. The van der Waals surface area contributed by atoms with Crippen LogP contribution in [-0.2, 0) is 23.6 Å². The van der Waals surface area contributed by atoms with Crippen LogP contribution in [-0.4, -0.2) is 25.8 Å². The molecule has 1 aromatic heterocycles. The highest BCUT2D eigenvalue weighted by atomic mass is 35.5. The maximum Gasteiger partial charge on any atom is 0.0856 e. The van der Waals surface area contributed by atoms with Crippen LogP contribution in [0.25, 0.3) is 0 Å². The third kappa shape index (κ3) is 3.30. The average molecular weight is 264 g/mol. The smallest absolute Gasteiger partial charge is 0.0856 e. The van der Waals surface area contributed by atoms with E-state index in [-0.39, 0.29) is 6.04 Å². The first-order valence-electron chi connectivity index (χ1n) is 5.24. The molecule has 0 amide bonds.